The van der Waals surface area contributed by atoms with E-state index in [2.05, 4.69) is 15.7 Å². The third-order valence-electron chi connectivity index (χ3n) is 3.29. The molecule has 1 aromatic carbocycles. The van der Waals surface area contributed by atoms with Crippen LogP contribution in [0.25, 0.3) is 0 Å². The fourth-order valence-electron chi connectivity index (χ4n) is 1.88. The topological polar surface area (TPSA) is 96.3 Å². The summed E-state index contributed by atoms with van der Waals surface area (Å²) in [6.45, 7) is -0.117. The van der Waals surface area contributed by atoms with Gasteiger partial charge in [-0.15, -0.1) is 0 Å². The van der Waals surface area contributed by atoms with Crippen molar-refractivity contribution in [2.45, 2.75) is 0 Å². The average molecular weight is 329 g/mol. The molecule has 126 valence electrons. The fraction of sp³-hybridized carbons (Fsp3) is 0.250. The molecule has 1 aromatic heterocycles. The summed E-state index contributed by atoms with van der Waals surface area (Å²) in [6, 6.07) is 10.2. The first-order valence-corrected chi connectivity index (χ1v) is 7.27. The minimum Gasteiger partial charge on any atom is -0.347 e. The molecule has 0 unspecified atom stereocenters. The van der Waals surface area contributed by atoms with Crippen LogP contribution in [0.5, 0.6) is 0 Å². The molecule has 0 radical (unpaired) electrons. The normalized spacial score (nSPS) is 10.1. The van der Waals surface area contributed by atoms with Gasteiger partial charge in [-0.3, -0.25) is 19.1 Å². The highest BCUT2D eigenvalue weighted by atomic mass is 16.2. The number of nitrogens with zero attached hydrogens (tertiary/aromatic N) is 3. The van der Waals surface area contributed by atoms with Crippen molar-refractivity contribution in [1.82, 2.24) is 20.0 Å². The van der Waals surface area contributed by atoms with Crippen molar-refractivity contribution in [1.29, 1.82) is 0 Å². The highest BCUT2D eigenvalue weighted by Gasteiger charge is 2.16. The number of amides is 3. The Kier molecular flexibility index (Phi) is 5.31. The molecule has 0 spiro atoms. The third kappa shape index (κ3) is 4.19. The summed E-state index contributed by atoms with van der Waals surface area (Å²) in [5.74, 6) is -0.626. The van der Waals surface area contributed by atoms with E-state index in [1.807, 2.05) is 6.07 Å². The van der Waals surface area contributed by atoms with Gasteiger partial charge in [-0.2, -0.15) is 5.10 Å². The number of hydrogen-bond acceptors (Lipinski definition) is 4. The number of aromatic nitrogens is 2. The van der Waals surface area contributed by atoms with E-state index in [0.29, 0.717) is 11.4 Å². The van der Waals surface area contributed by atoms with Gasteiger partial charge in [-0.25, -0.2) is 0 Å². The molecule has 24 heavy (non-hydrogen) atoms. The van der Waals surface area contributed by atoms with Crippen molar-refractivity contribution in [2.75, 3.05) is 26.0 Å². The molecule has 3 amide bonds. The maximum absolute atomic E-state index is 12.1. The largest absolute Gasteiger partial charge is 0.347 e. The van der Waals surface area contributed by atoms with E-state index >= 15 is 0 Å². The van der Waals surface area contributed by atoms with Crippen LogP contribution in [0, 0.1) is 0 Å². The summed E-state index contributed by atoms with van der Waals surface area (Å²) in [4.78, 5) is 37.0. The number of rotatable bonds is 5. The lowest BCUT2D eigenvalue weighted by atomic mass is 10.2. The smallest absolute Gasteiger partial charge is 0.272 e. The van der Waals surface area contributed by atoms with Crippen LogP contribution in [0.4, 0.5) is 5.82 Å². The summed E-state index contributed by atoms with van der Waals surface area (Å²) >= 11 is 0. The van der Waals surface area contributed by atoms with Crippen molar-refractivity contribution in [3.8, 4) is 0 Å². The zero-order valence-corrected chi connectivity index (χ0v) is 13.7. The van der Waals surface area contributed by atoms with Crippen LogP contribution in [-0.4, -0.2) is 53.0 Å². The van der Waals surface area contributed by atoms with Crippen LogP contribution in [-0.2, 0) is 11.8 Å². The lowest BCUT2D eigenvalue weighted by Crippen LogP contribution is -2.36. The summed E-state index contributed by atoms with van der Waals surface area (Å²) in [6.07, 6.45) is 0. The molecule has 1 heterocycles. The van der Waals surface area contributed by atoms with E-state index in [1.165, 1.54) is 15.6 Å². The van der Waals surface area contributed by atoms with Crippen LogP contribution in [0.3, 0.4) is 0 Å². The molecule has 0 aliphatic carbocycles. The van der Waals surface area contributed by atoms with Crippen molar-refractivity contribution in [2.24, 2.45) is 7.05 Å². The van der Waals surface area contributed by atoms with E-state index in [4.69, 9.17) is 0 Å². The van der Waals surface area contributed by atoms with E-state index < -0.39 is 5.91 Å². The molecule has 0 fully saturated rings. The second kappa shape index (κ2) is 7.40. The summed E-state index contributed by atoms with van der Waals surface area (Å²) in [5.41, 5.74) is 0.619. The summed E-state index contributed by atoms with van der Waals surface area (Å²) in [5, 5.41) is 9.22. The van der Waals surface area contributed by atoms with Crippen molar-refractivity contribution in [3.63, 3.8) is 0 Å². The molecule has 0 bridgehead atoms. The molecule has 2 rings (SSSR count). The standard InChI is InChI=1S/C16H19N5O3/c1-20(2)14(22)10-17-16(24)12-9-13(21(3)19-12)18-15(23)11-7-5-4-6-8-11/h4-9H,10H2,1-3H3,(H,17,24)(H,18,23). The Balaban J connectivity index is 2.03. The van der Waals surface area contributed by atoms with Gasteiger partial charge in [-0.1, -0.05) is 18.2 Å². The highest BCUT2D eigenvalue weighted by molar-refractivity contribution is 6.04. The molecular formula is C16H19N5O3. The minimum atomic E-state index is -0.485. The number of anilines is 1. The molecular weight excluding hydrogens is 310 g/mol. The van der Waals surface area contributed by atoms with Crippen molar-refractivity contribution >= 4 is 23.5 Å². The fourth-order valence-corrected chi connectivity index (χ4v) is 1.88. The van der Waals surface area contributed by atoms with E-state index in [-0.39, 0.29) is 24.1 Å². The first-order valence-electron chi connectivity index (χ1n) is 7.27. The van der Waals surface area contributed by atoms with E-state index in [0.717, 1.165) is 0 Å². The number of likely N-dealkylation sites (N-methyl/N-ethyl adjacent to an activating group) is 1. The molecule has 0 saturated carbocycles. The van der Waals surface area contributed by atoms with Gasteiger partial charge in [0.1, 0.15) is 5.82 Å². The van der Waals surface area contributed by atoms with Gasteiger partial charge in [0.05, 0.1) is 6.54 Å². The third-order valence-corrected chi connectivity index (χ3v) is 3.29. The van der Waals surface area contributed by atoms with Gasteiger partial charge in [0.15, 0.2) is 5.69 Å². The van der Waals surface area contributed by atoms with Gasteiger partial charge in [0.25, 0.3) is 11.8 Å². The molecule has 0 aliphatic rings. The average Bonchev–Trinajstić information content (AvgIpc) is 2.93. The quantitative estimate of drug-likeness (QED) is 0.834. The number of aryl methyl sites for hydroxylation is 1. The number of hydrogen-bond donors (Lipinski definition) is 2. The number of nitrogens with one attached hydrogen (secondary N) is 2. The Labute approximate surface area is 139 Å². The molecule has 0 saturated heterocycles. The summed E-state index contributed by atoms with van der Waals surface area (Å²) < 4.78 is 1.39. The van der Waals surface area contributed by atoms with Crippen LogP contribution in [0.2, 0.25) is 0 Å². The van der Waals surface area contributed by atoms with Crippen LogP contribution < -0.4 is 10.6 Å². The van der Waals surface area contributed by atoms with E-state index in [1.54, 1.807) is 45.4 Å². The SMILES string of the molecule is CN(C)C(=O)CNC(=O)c1cc(NC(=O)c2ccccc2)n(C)n1. The first-order chi connectivity index (χ1) is 11.4. The molecule has 8 nitrogen and oxygen atoms in total. The zero-order chi connectivity index (χ0) is 17.7. The lowest BCUT2D eigenvalue weighted by molar-refractivity contribution is -0.127. The van der Waals surface area contributed by atoms with Crippen molar-refractivity contribution < 1.29 is 14.4 Å². The minimum absolute atomic E-state index is 0.117. The Morgan fingerprint density at radius 2 is 1.79 bits per heavy atom. The Hall–Kier alpha value is -3.16. The predicted molar refractivity (Wildman–Crippen MR) is 88.6 cm³/mol. The second-order valence-corrected chi connectivity index (χ2v) is 5.33. The number of carbonyl (C=O) groups excluding carboxylic acids is 3. The molecule has 0 aliphatic heterocycles. The monoisotopic (exact) mass is 329 g/mol. The lowest BCUT2D eigenvalue weighted by Gasteiger charge is -2.09. The second-order valence-electron chi connectivity index (χ2n) is 5.33. The highest BCUT2D eigenvalue weighted by Crippen LogP contribution is 2.11. The Bertz CT molecular complexity index is 752. The van der Waals surface area contributed by atoms with Crippen molar-refractivity contribution in [3.05, 3.63) is 47.7 Å². The van der Waals surface area contributed by atoms with E-state index in [9.17, 15) is 14.4 Å². The van der Waals surface area contributed by atoms with Crippen LogP contribution in [0.1, 0.15) is 20.8 Å². The van der Waals surface area contributed by atoms with Gasteiger partial charge in [-0.05, 0) is 12.1 Å². The number of carbonyl (C=O) groups is 3. The summed E-state index contributed by atoms with van der Waals surface area (Å²) in [7, 11) is 4.82. The van der Waals surface area contributed by atoms with Crippen LogP contribution >= 0.6 is 0 Å². The molecule has 0 atom stereocenters. The molecule has 8 heteroatoms. The van der Waals surface area contributed by atoms with Gasteiger partial charge in [0.2, 0.25) is 5.91 Å². The first kappa shape index (κ1) is 17.2. The molecule has 2 aromatic rings. The van der Waals surface area contributed by atoms with Crippen LogP contribution in [0.15, 0.2) is 36.4 Å². The van der Waals surface area contributed by atoms with Gasteiger partial charge >= 0.3 is 0 Å². The maximum atomic E-state index is 12.1. The van der Waals surface area contributed by atoms with Gasteiger partial charge < -0.3 is 15.5 Å². The predicted octanol–water partition coefficient (Wildman–Crippen LogP) is 0.490. The molecule has 2 N–H and O–H groups in total. The van der Waals surface area contributed by atoms with Gasteiger partial charge in [0, 0.05) is 32.8 Å². The Morgan fingerprint density at radius 3 is 2.42 bits per heavy atom. The zero-order valence-electron chi connectivity index (χ0n) is 13.7. The maximum Gasteiger partial charge on any atom is 0.272 e. The Morgan fingerprint density at radius 1 is 1.12 bits per heavy atom. The number of benzene rings is 1.